The number of rotatable bonds is 4. The summed E-state index contributed by atoms with van der Waals surface area (Å²) in [6, 6.07) is 14.1. The molecule has 1 aliphatic heterocycles. The molecule has 2 aliphatic rings. The number of aryl methyl sites for hydroxylation is 1. The maximum atomic E-state index is 12.6. The lowest BCUT2D eigenvalue weighted by Crippen LogP contribution is -2.50. The van der Waals surface area contributed by atoms with Gasteiger partial charge in [-0.2, -0.15) is 0 Å². The first-order valence-electron chi connectivity index (χ1n) is 10.1. The van der Waals surface area contributed by atoms with Crippen molar-refractivity contribution < 1.29 is 9.59 Å². The number of benzene rings is 1. The van der Waals surface area contributed by atoms with Crippen molar-refractivity contribution in [2.45, 2.75) is 63.6 Å². The van der Waals surface area contributed by atoms with Crippen LogP contribution < -0.4 is 5.32 Å². The average molecular weight is 377 g/mol. The number of aromatic nitrogens is 1. The number of nitrogens with zero attached hydrogens (tertiary/aromatic N) is 2. The van der Waals surface area contributed by atoms with Crippen LogP contribution in [0.3, 0.4) is 0 Å². The van der Waals surface area contributed by atoms with E-state index in [9.17, 15) is 9.59 Å². The predicted octanol–water partition coefficient (Wildman–Crippen LogP) is 3.62. The van der Waals surface area contributed by atoms with E-state index in [1.807, 2.05) is 37.3 Å². The molecule has 1 saturated heterocycles. The number of likely N-dealkylation sites (tertiary alicyclic amines) is 1. The molecule has 1 aromatic heterocycles. The number of hydrogen-bond acceptors (Lipinski definition) is 3. The van der Waals surface area contributed by atoms with Crippen molar-refractivity contribution in [3.05, 3.63) is 65.5 Å². The SMILES string of the molecule is Cc1ccc(C(=O)NC2CCC3(CCC(=O)N3Cc3ccccc3)CC2)cn1. The van der Waals surface area contributed by atoms with E-state index in [0.717, 1.165) is 37.8 Å². The third-order valence-electron chi connectivity index (χ3n) is 6.29. The van der Waals surface area contributed by atoms with E-state index in [2.05, 4.69) is 27.3 Å². The van der Waals surface area contributed by atoms with Crippen molar-refractivity contribution >= 4 is 11.8 Å². The molecule has 2 fully saturated rings. The van der Waals surface area contributed by atoms with Gasteiger partial charge < -0.3 is 10.2 Å². The number of nitrogens with one attached hydrogen (secondary N) is 1. The normalized spacial score (nSPS) is 24.5. The molecule has 0 radical (unpaired) electrons. The topological polar surface area (TPSA) is 62.3 Å². The Hall–Kier alpha value is -2.69. The first-order chi connectivity index (χ1) is 13.6. The molecule has 5 nitrogen and oxygen atoms in total. The Morgan fingerprint density at radius 2 is 1.89 bits per heavy atom. The molecule has 1 spiro atoms. The summed E-state index contributed by atoms with van der Waals surface area (Å²) in [5.41, 5.74) is 2.65. The van der Waals surface area contributed by atoms with Gasteiger partial charge in [0.15, 0.2) is 0 Å². The van der Waals surface area contributed by atoms with Gasteiger partial charge in [-0.25, -0.2) is 0 Å². The number of carbonyl (C=O) groups is 2. The molecule has 2 aromatic rings. The van der Waals surface area contributed by atoms with E-state index in [4.69, 9.17) is 0 Å². The lowest BCUT2D eigenvalue weighted by atomic mass is 9.77. The van der Waals surface area contributed by atoms with Crippen LogP contribution in [0.2, 0.25) is 0 Å². The summed E-state index contributed by atoms with van der Waals surface area (Å²) in [5, 5.41) is 3.15. The van der Waals surface area contributed by atoms with Gasteiger partial charge >= 0.3 is 0 Å². The highest BCUT2D eigenvalue weighted by atomic mass is 16.2. The maximum Gasteiger partial charge on any atom is 0.253 e. The zero-order chi connectivity index (χ0) is 19.6. The van der Waals surface area contributed by atoms with E-state index in [-0.39, 0.29) is 23.4 Å². The van der Waals surface area contributed by atoms with E-state index in [1.54, 1.807) is 6.20 Å². The largest absolute Gasteiger partial charge is 0.349 e. The van der Waals surface area contributed by atoms with Gasteiger partial charge in [0.1, 0.15) is 0 Å². The lowest BCUT2D eigenvalue weighted by molar-refractivity contribution is -0.133. The molecule has 1 N–H and O–H groups in total. The number of carbonyl (C=O) groups excluding carboxylic acids is 2. The molecular formula is C23H27N3O2. The van der Waals surface area contributed by atoms with Crippen LogP contribution >= 0.6 is 0 Å². The number of amides is 2. The van der Waals surface area contributed by atoms with E-state index in [0.29, 0.717) is 18.5 Å². The number of pyridine rings is 1. The van der Waals surface area contributed by atoms with Crippen molar-refractivity contribution in [3.63, 3.8) is 0 Å². The minimum absolute atomic E-state index is 0.0421. The molecule has 2 heterocycles. The molecule has 0 atom stereocenters. The van der Waals surface area contributed by atoms with Crippen LogP contribution in [-0.2, 0) is 11.3 Å². The zero-order valence-corrected chi connectivity index (χ0v) is 16.4. The van der Waals surface area contributed by atoms with Gasteiger partial charge in [-0.3, -0.25) is 14.6 Å². The predicted molar refractivity (Wildman–Crippen MR) is 108 cm³/mol. The van der Waals surface area contributed by atoms with Crippen LogP contribution in [0.25, 0.3) is 0 Å². The molecule has 0 bridgehead atoms. The summed E-state index contributed by atoms with van der Waals surface area (Å²) in [7, 11) is 0. The van der Waals surface area contributed by atoms with Gasteiger partial charge in [0.2, 0.25) is 5.91 Å². The van der Waals surface area contributed by atoms with Gasteiger partial charge in [-0.05, 0) is 56.7 Å². The van der Waals surface area contributed by atoms with Crippen molar-refractivity contribution in [2.75, 3.05) is 0 Å². The van der Waals surface area contributed by atoms with Crippen LogP contribution in [0.5, 0.6) is 0 Å². The molecular weight excluding hydrogens is 350 g/mol. The molecule has 1 aromatic carbocycles. The Bertz CT molecular complexity index is 840. The van der Waals surface area contributed by atoms with Gasteiger partial charge in [0, 0.05) is 36.4 Å². The summed E-state index contributed by atoms with van der Waals surface area (Å²) in [4.78, 5) is 31.4. The first-order valence-corrected chi connectivity index (χ1v) is 10.1. The Labute approximate surface area is 166 Å². The second-order valence-electron chi connectivity index (χ2n) is 8.13. The summed E-state index contributed by atoms with van der Waals surface area (Å²) in [6.45, 7) is 2.60. The molecule has 2 amide bonds. The average Bonchev–Trinajstić information content (AvgIpc) is 3.01. The lowest BCUT2D eigenvalue weighted by Gasteiger charge is -2.44. The van der Waals surface area contributed by atoms with Gasteiger partial charge in [-0.15, -0.1) is 0 Å². The van der Waals surface area contributed by atoms with Crippen molar-refractivity contribution in [1.29, 1.82) is 0 Å². The van der Waals surface area contributed by atoms with Crippen LogP contribution in [0, 0.1) is 6.92 Å². The fourth-order valence-electron chi connectivity index (χ4n) is 4.59. The minimum Gasteiger partial charge on any atom is -0.349 e. The van der Waals surface area contributed by atoms with Crippen LogP contribution in [0.1, 0.15) is 60.1 Å². The minimum atomic E-state index is -0.0582. The summed E-state index contributed by atoms with van der Waals surface area (Å²) >= 11 is 0. The van der Waals surface area contributed by atoms with Crippen LogP contribution in [0.4, 0.5) is 0 Å². The third kappa shape index (κ3) is 3.79. The van der Waals surface area contributed by atoms with Crippen LogP contribution in [0.15, 0.2) is 48.7 Å². The Kier molecular flexibility index (Phi) is 5.16. The van der Waals surface area contributed by atoms with Crippen molar-refractivity contribution in [3.8, 4) is 0 Å². The van der Waals surface area contributed by atoms with Crippen molar-refractivity contribution in [1.82, 2.24) is 15.2 Å². The van der Waals surface area contributed by atoms with E-state index < -0.39 is 0 Å². The second kappa shape index (κ2) is 7.74. The van der Waals surface area contributed by atoms with E-state index in [1.165, 1.54) is 5.56 Å². The smallest absolute Gasteiger partial charge is 0.253 e. The molecule has 28 heavy (non-hydrogen) atoms. The quantitative estimate of drug-likeness (QED) is 0.885. The second-order valence-corrected chi connectivity index (χ2v) is 8.13. The standard InChI is InChI=1S/C23H27N3O2/c1-17-7-8-19(15-24-17)22(28)25-20-9-12-23(13-10-20)14-11-21(27)26(23)16-18-5-3-2-4-6-18/h2-8,15,20H,9-14,16H2,1H3,(H,25,28). The molecule has 4 rings (SSSR count). The zero-order valence-electron chi connectivity index (χ0n) is 16.4. The first kappa shape index (κ1) is 18.7. The highest BCUT2D eigenvalue weighted by molar-refractivity contribution is 5.94. The molecule has 5 heteroatoms. The number of hydrogen-bond donors (Lipinski definition) is 1. The summed E-state index contributed by atoms with van der Waals surface area (Å²) in [6.07, 6.45) is 6.91. The van der Waals surface area contributed by atoms with Gasteiger partial charge in [0.05, 0.1) is 5.56 Å². The third-order valence-corrected chi connectivity index (χ3v) is 6.29. The highest BCUT2D eigenvalue weighted by Gasteiger charge is 2.47. The van der Waals surface area contributed by atoms with Gasteiger partial charge in [-0.1, -0.05) is 30.3 Å². The Morgan fingerprint density at radius 3 is 2.57 bits per heavy atom. The monoisotopic (exact) mass is 377 g/mol. The van der Waals surface area contributed by atoms with Gasteiger partial charge in [0.25, 0.3) is 5.91 Å². The molecule has 1 aliphatic carbocycles. The van der Waals surface area contributed by atoms with Crippen molar-refractivity contribution in [2.24, 2.45) is 0 Å². The van der Waals surface area contributed by atoms with E-state index >= 15 is 0 Å². The Morgan fingerprint density at radius 1 is 1.14 bits per heavy atom. The Balaban J connectivity index is 1.38. The summed E-state index contributed by atoms with van der Waals surface area (Å²) < 4.78 is 0. The molecule has 1 saturated carbocycles. The van der Waals surface area contributed by atoms with Crippen LogP contribution in [-0.4, -0.2) is 33.3 Å². The molecule has 0 unspecified atom stereocenters. The summed E-state index contributed by atoms with van der Waals surface area (Å²) in [5.74, 6) is 0.203. The highest BCUT2D eigenvalue weighted by Crippen LogP contribution is 2.43. The fraction of sp³-hybridized carbons (Fsp3) is 0.435. The molecule has 146 valence electrons. The fourth-order valence-corrected chi connectivity index (χ4v) is 4.59. The maximum absolute atomic E-state index is 12.6.